The molecule has 0 amide bonds. The van der Waals surface area contributed by atoms with E-state index in [1.807, 2.05) is 33.0 Å². The summed E-state index contributed by atoms with van der Waals surface area (Å²) in [6, 6.07) is 8.94. The molecule has 1 aromatic carbocycles. The number of aryl methyl sites for hydroxylation is 2. The molecule has 1 N–H and O–H groups in total. The van der Waals surface area contributed by atoms with Crippen molar-refractivity contribution in [1.29, 1.82) is 0 Å². The largest absolute Gasteiger partial charge is 0.367 e. The van der Waals surface area contributed by atoms with Crippen molar-refractivity contribution >= 4 is 63.7 Å². The van der Waals surface area contributed by atoms with Crippen molar-refractivity contribution in [3.8, 4) is 11.4 Å². The number of anilines is 1. The van der Waals surface area contributed by atoms with Gasteiger partial charge in [-0.15, -0.1) is 11.3 Å². The van der Waals surface area contributed by atoms with Crippen LogP contribution < -0.4 is 21.2 Å². The second kappa shape index (κ2) is 15.6. The summed E-state index contributed by atoms with van der Waals surface area (Å²) in [5.41, 5.74) is 9.08. The zero-order chi connectivity index (χ0) is 33.4. The fourth-order valence-electron chi connectivity index (χ4n) is 6.08. The van der Waals surface area contributed by atoms with Gasteiger partial charge in [-0.05, 0) is 102 Å². The van der Waals surface area contributed by atoms with E-state index in [1.54, 1.807) is 11.3 Å². The molecule has 0 saturated carbocycles. The molecule has 238 valence electrons. The van der Waals surface area contributed by atoms with E-state index in [0.717, 1.165) is 56.1 Å². The highest BCUT2D eigenvalue weighted by atomic mass is 32.1. The number of aromatic nitrogens is 2. The molecule has 3 heterocycles. The zero-order valence-corrected chi connectivity index (χ0v) is 29.6. The maximum Gasteiger partial charge on any atom is 0.0926 e. The van der Waals surface area contributed by atoms with Crippen LogP contribution in [0.25, 0.3) is 58.1 Å². The predicted octanol–water partition coefficient (Wildman–Crippen LogP) is 9.69. The molecule has 0 aliphatic rings. The van der Waals surface area contributed by atoms with Gasteiger partial charge in [0, 0.05) is 55.2 Å². The van der Waals surface area contributed by atoms with Gasteiger partial charge in [0.2, 0.25) is 0 Å². The Morgan fingerprint density at radius 2 is 1.72 bits per heavy atom. The van der Waals surface area contributed by atoms with Crippen molar-refractivity contribution in [1.82, 2.24) is 9.13 Å². The van der Waals surface area contributed by atoms with Crippen LogP contribution in [0.4, 0.5) is 5.69 Å². The molecule has 0 bridgehead atoms. The number of allylic oxidation sites excluding steroid dienone is 8. The second-order valence-corrected chi connectivity index (χ2v) is 12.3. The lowest BCUT2D eigenvalue weighted by molar-refractivity contribution is 0.775. The van der Waals surface area contributed by atoms with Crippen LogP contribution in [0.15, 0.2) is 78.4 Å². The van der Waals surface area contributed by atoms with Crippen molar-refractivity contribution in [2.75, 3.05) is 12.4 Å². The molecular formula is C41H48N4S. The molecule has 4 aromatic rings. The minimum Gasteiger partial charge on any atom is -0.367 e. The Hall–Kier alpha value is -4.61. The minimum atomic E-state index is 0.557. The Morgan fingerprint density at radius 3 is 2.35 bits per heavy atom. The average molecular weight is 629 g/mol. The van der Waals surface area contributed by atoms with Gasteiger partial charge < -0.3 is 14.5 Å². The van der Waals surface area contributed by atoms with E-state index >= 15 is 0 Å². The number of nitrogens with zero attached hydrogens (tertiary/aromatic N) is 3. The first kappa shape index (κ1) is 34.3. The summed E-state index contributed by atoms with van der Waals surface area (Å²) in [6.07, 6.45) is 24.0. The van der Waals surface area contributed by atoms with Crippen molar-refractivity contribution in [3.05, 3.63) is 117 Å². The molecule has 0 atom stereocenters. The zero-order valence-electron chi connectivity index (χ0n) is 28.7. The third kappa shape index (κ3) is 6.80. The molecule has 4 rings (SSSR count). The van der Waals surface area contributed by atoms with E-state index in [4.69, 9.17) is 4.99 Å². The maximum atomic E-state index is 4.70. The Balaban J connectivity index is 2.04. The van der Waals surface area contributed by atoms with Crippen LogP contribution in [0.2, 0.25) is 0 Å². The van der Waals surface area contributed by atoms with E-state index in [1.165, 1.54) is 26.4 Å². The average Bonchev–Trinajstić information content (AvgIpc) is 3.50. The summed E-state index contributed by atoms with van der Waals surface area (Å²) in [7, 11) is 1.87. The van der Waals surface area contributed by atoms with Crippen LogP contribution in [-0.2, 0) is 6.67 Å². The highest BCUT2D eigenvalue weighted by Gasteiger charge is 2.23. The van der Waals surface area contributed by atoms with E-state index in [2.05, 4.69) is 141 Å². The monoisotopic (exact) mass is 628 g/mol. The summed E-state index contributed by atoms with van der Waals surface area (Å²) in [6.45, 7) is 24.2. The van der Waals surface area contributed by atoms with Gasteiger partial charge >= 0.3 is 0 Å². The molecule has 0 saturated heterocycles. The van der Waals surface area contributed by atoms with Gasteiger partial charge in [0.05, 0.1) is 23.4 Å². The lowest BCUT2D eigenvalue weighted by Gasteiger charge is -2.20. The molecule has 0 unspecified atom stereocenters. The van der Waals surface area contributed by atoms with Crippen LogP contribution in [0.1, 0.15) is 68.3 Å². The maximum absolute atomic E-state index is 4.70. The third-order valence-corrected chi connectivity index (χ3v) is 9.13. The predicted molar refractivity (Wildman–Crippen MR) is 207 cm³/mol. The number of rotatable bonds is 11. The lowest BCUT2D eigenvalue weighted by Crippen LogP contribution is -2.28. The van der Waals surface area contributed by atoms with Crippen molar-refractivity contribution in [3.63, 3.8) is 0 Å². The Morgan fingerprint density at radius 1 is 0.957 bits per heavy atom. The molecule has 3 aromatic heterocycles. The molecule has 5 heteroatoms. The quantitative estimate of drug-likeness (QED) is 0.165. The minimum absolute atomic E-state index is 0.557. The first-order chi connectivity index (χ1) is 22.3. The number of hydrogen-bond acceptors (Lipinski definition) is 3. The van der Waals surface area contributed by atoms with E-state index in [0.29, 0.717) is 6.67 Å². The number of nitrogens with one attached hydrogen (secondary N) is 1. The van der Waals surface area contributed by atoms with E-state index in [-0.39, 0.29) is 0 Å². The first-order valence-corrected chi connectivity index (χ1v) is 16.8. The first-order valence-electron chi connectivity index (χ1n) is 16.0. The second-order valence-electron chi connectivity index (χ2n) is 11.2. The third-order valence-electron chi connectivity index (χ3n) is 8.10. The van der Waals surface area contributed by atoms with Crippen molar-refractivity contribution < 1.29 is 0 Å². The van der Waals surface area contributed by atoms with E-state index < -0.39 is 0 Å². The number of hydrogen-bond donors (Lipinski definition) is 1. The smallest absolute Gasteiger partial charge is 0.0926 e. The highest BCUT2D eigenvalue weighted by molar-refractivity contribution is 7.19. The molecule has 0 aliphatic carbocycles. The number of fused-ring (bicyclic) bond motifs is 1. The van der Waals surface area contributed by atoms with Crippen LogP contribution in [0.5, 0.6) is 0 Å². The van der Waals surface area contributed by atoms with Crippen LogP contribution in [0.3, 0.4) is 0 Å². The highest BCUT2D eigenvalue weighted by Crippen LogP contribution is 2.33. The molecule has 0 fully saturated rings. The van der Waals surface area contributed by atoms with Crippen LogP contribution in [0, 0.1) is 13.8 Å². The van der Waals surface area contributed by atoms with Gasteiger partial charge in [0.25, 0.3) is 0 Å². The Kier molecular flexibility index (Phi) is 11.6. The summed E-state index contributed by atoms with van der Waals surface area (Å²) in [5.74, 6) is 0. The summed E-state index contributed by atoms with van der Waals surface area (Å²) in [4.78, 5) is 5.89. The summed E-state index contributed by atoms with van der Waals surface area (Å²) in [5, 5.41) is 8.05. The van der Waals surface area contributed by atoms with Crippen molar-refractivity contribution in [2.24, 2.45) is 4.99 Å². The normalized spacial score (nSPS) is 13.6. The molecule has 46 heavy (non-hydrogen) atoms. The standard InChI is InChI=1S/C41H48N4S/c1-11-17-19-22-32-25-29(8)40(41-35(16-6)34(15-5)30(9)45(41)31(14-4)21-18-12-2)44(32)27-43-37-23-28(7)24-38-39(37)36(42-10)26-33(46-38)20-13-3/h11-13,15-26,43H,6,9,14,27H2,1-5,7-8,10H3/b17-11-,18-12-,20-13-,22-19-,31-21+,34-15+,42-36?. The van der Waals surface area contributed by atoms with Crippen molar-refractivity contribution in [2.45, 2.75) is 61.6 Å². The summed E-state index contributed by atoms with van der Waals surface area (Å²) < 4.78 is 5.92. The lowest BCUT2D eigenvalue weighted by atomic mass is 10.1. The molecular weight excluding hydrogens is 581 g/mol. The Bertz CT molecular complexity index is 2080. The molecule has 4 nitrogen and oxygen atoms in total. The van der Waals surface area contributed by atoms with Crippen LogP contribution in [-0.4, -0.2) is 16.2 Å². The fraction of sp³-hybridized carbons (Fsp3) is 0.244. The SMILES string of the molecule is C=Cc1c(-c2c(C)cc(/C=C\C=C/C)n2CNc2cc(C)cc3sc(/C=C\C)cc(=NC)c23)n(/C(=C/C=C\C)CC)c(=C)/c1=C\C. The van der Waals surface area contributed by atoms with Gasteiger partial charge in [0.1, 0.15) is 0 Å². The van der Waals surface area contributed by atoms with E-state index in [9.17, 15) is 0 Å². The van der Waals surface area contributed by atoms with Gasteiger partial charge in [0.15, 0.2) is 0 Å². The Labute approximate surface area is 278 Å². The number of benzene rings is 1. The van der Waals surface area contributed by atoms with Gasteiger partial charge in [-0.2, -0.15) is 0 Å². The molecule has 0 radical (unpaired) electrons. The van der Waals surface area contributed by atoms with Gasteiger partial charge in [-0.3, -0.25) is 4.99 Å². The molecule has 0 aliphatic heterocycles. The fourth-order valence-corrected chi connectivity index (χ4v) is 7.27. The molecule has 0 spiro atoms. The van der Waals surface area contributed by atoms with Crippen LogP contribution >= 0.6 is 11.3 Å². The summed E-state index contributed by atoms with van der Waals surface area (Å²) >= 11 is 1.79. The van der Waals surface area contributed by atoms with Gasteiger partial charge in [-0.1, -0.05) is 68.7 Å². The topological polar surface area (TPSA) is 34.2 Å². The van der Waals surface area contributed by atoms with Gasteiger partial charge in [-0.25, -0.2) is 0 Å².